The van der Waals surface area contributed by atoms with Gasteiger partial charge in [-0.15, -0.1) is 0 Å². The van der Waals surface area contributed by atoms with E-state index in [2.05, 4.69) is 10.6 Å². The Morgan fingerprint density at radius 1 is 1.06 bits per heavy atom. The largest absolute Gasteiger partial charge is 0.505 e. The van der Waals surface area contributed by atoms with Crippen LogP contribution in [0, 0.1) is 6.92 Å². The summed E-state index contributed by atoms with van der Waals surface area (Å²) in [6.07, 6.45) is 1.04. The molecule has 0 radical (unpaired) electrons. The predicted octanol–water partition coefficient (Wildman–Crippen LogP) is 3.42. The molecule has 10 heteroatoms. The topological polar surface area (TPSA) is 139 Å². The van der Waals surface area contributed by atoms with E-state index in [1.807, 2.05) is 12.1 Å². The molecule has 1 heterocycles. The summed E-state index contributed by atoms with van der Waals surface area (Å²) in [4.78, 5) is 36.6. The molecule has 35 heavy (non-hydrogen) atoms. The number of rotatable bonds is 8. The third kappa shape index (κ3) is 5.72. The van der Waals surface area contributed by atoms with Gasteiger partial charge in [0.15, 0.2) is 17.2 Å². The number of hydrogen-bond donors (Lipinski definition) is 4. The number of nitrogens with zero attached hydrogens (tertiary/aromatic N) is 1. The Balaban J connectivity index is 1.90. The maximum absolute atomic E-state index is 12.7. The summed E-state index contributed by atoms with van der Waals surface area (Å²) in [6.45, 7) is 1.59. The number of aryl methyl sites for hydroxylation is 2. The van der Waals surface area contributed by atoms with E-state index in [0.717, 1.165) is 11.1 Å². The second-order valence-corrected chi connectivity index (χ2v) is 7.90. The quantitative estimate of drug-likeness (QED) is 0.387. The number of methoxy groups -OCH3 is 2. The van der Waals surface area contributed by atoms with Gasteiger partial charge in [-0.2, -0.15) is 0 Å². The van der Waals surface area contributed by atoms with Crippen molar-refractivity contribution in [2.75, 3.05) is 19.5 Å². The van der Waals surface area contributed by atoms with Gasteiger partial charge in [0.25, 0.3) is 5.56 Å². The first-order chi connectivity index (χ1) is 16.6. The maximum Gasteiger partial charge on any atom is 0.319 e. The second-order valence-electron chi connectivity index (χ2n) is 7.90. The number of aromatic nitrogens is 1. The number of carbonyl (C=O) groups excluding carboxylic acids is 1. The van der Waals surface area contributed by atoms with Crippen molar-refractivity contribution in [3.63, 3.8) is 0 Å². The summed E-state index contributed by atoms with van der Waals surface area (Å²) >= 11 is 0. The summed E-state index contributed by atoms with van der Waals surface area (Å²) in [7, 11) is 4.56. The van der Waals surface area contributed by atoms with Crippen LogP contribution >= 0.6 is 0 Å². The van der Waals surface area contributed by atoms with Gasteiger partial charge < -0.3 is 34.9 Å². The lowest BCUT2D eigenvalue weighted by molar-refractivity contribution is -0.137. The van der Waals surface area contributed by atoms with Crippen LogP contribution in [0.15, 0.2) is 53.5 Å². The first kappa shape index (κ1) is 25.2. The highest BCUT2D eigenvalue weighted by molar-refractivity contribution is 5.91. The van der Waals surface area contributed by atoms with Crippen LogP contribution in [-0.2, 0) is 11.8 Å². The van der Waals surface area contributed by atoms with Crippen LogP contribution < -0.4 is 25.7 Å². The Morgan fingerprint density at radius 2 is 1.74 bits per heavy atom. The molecule has 184 valence electrons. The number of urea groups is 1. The Hall–Kier alpha value is -4.47. The SMILES string of the molecule is COc1ccc(-c2cccc([C@H](CC(=O)O)NC(=O)Nc3c(O)c(C)cn(C)c3=O)c2)cc1OC. The number of aliphatic carboxylic acids is 1. The number of pyridine rings is 1. The summed E-state index contributed by atoms with van der Waals surface area (Å²) in [5.74, 6) is -0.371. The molecule has 2 amide bonds. The minimum Gasteiger partial charge on any atom is -0.505 e. The van der Waals surface area contributed by atoms with E-state index in [0.29, 0.717) is 22.6 Å². The lowest BCUT2D eigenvalue weighted by atomic mass is 9.97. The Bertz CT molecular complexity index is 1320. The molecule has 4 N–H and O–H groups in total. The van der Waals surface area contributed by atoms with Crippen LogP contribution in [0.5, 0.6) is 17.2 Å². The monoisotopic (exact) mass is 481 g/mol. The molecule has 0 aliphatic rings. The summed E-state index contributed by atoms with van der Waals surface area (Å²) in [5.41, 5.74) is 1.61. The number of nitrogens with one attached hydrogen (secondary N) is 2. The molecule has 0 saturated carbocycles. The molecule has 3 rings (SSSR count). The first-order valence-corrected chi connectivity index (χ1v) is 10.7. The molecule has 0 aliphatic carbocycles. The number of aromatic hydroxyl groups is 1. The molecule has 0 unspecified atom stereocenters. The van der Waals surface area contributed by atoms with Crippen LogP contribution in [0.25, 0.3) is 11.1 Å². The molecule has 0 fully saturated rings. The van der Waals surface area contributed by atoms with Crippen molar-refractivity contribution in [2.24, 2.45) is 7.05 Å². The average molecular weight is 482 g/mol. The van der Waals surface area contributed by atoms with Gasteiger partial charge >= 0.3 is 12.0 Å². The number of benzene rings is 2. The van der Waals surface area contributed by atoms with Crippen molar-refractivity contribution >= 4 is 17.7 Å². The van der Waals surface area contributed by atoms with Crippen LogP contribution in [0.4, 0.5) is 10.5 Å². The molecule has 10 nitrogen and oxygen atoms in total. The minimum atomic E-state index is -1.12. The van der Waals surface area contributed by atoms with E-state index in [9.17, 15) is 24.6 Å². The predicted molar refractivity (Wildman–Crippen MR) is 130 cm³/mol. The molecule has 1 atom stereocenters. The third-order valence-corrected chi connectivity index (χ3v) is 5.46. The number of amides is 2. The number of carbonyl (C=O) groups is 2. The van der Waals surface area contributed by atoms with Crippen molar-refractivity contribution in [3.8, 4) is 28.4 Å². The molecule has 0 spiro atoms. The Morgan fingerprint density at radius 3 is 2.40 bits per heavy atom. The summed E-state index contributed by atoms with van der Waals surface area (Å²) in [5, 5.41) is 24.6. The summed E-state index contributed by atoms with van der Waals surface area (Å²) in [6, 6.07) is 10.7. The van der Waals surface area contributed by atoms with E-state index in [4.69, 9.17) is 9.47 Å². The van der Waals surface area contributed by atoms with E-state index in [1.165, 1.54) is 32.0 Å². The van der Waals surface area contributed by atoms with Gasteiger partial charge in [0.1, 0.15) is 5.75 Å². The maximum atomic E-state index is 12.7. The third-order valence-electron chi connectivity index (χ3n) is 5.46. The van der Waals surface area contributed by atoms with Crippen molar-refractivity contribution in [1.82, 2.24) is 9.88 Å². The smallest absolute Gasteiger partial charge is 0.319 e. The molecule has 3 aromatic rings. The fourth-order valence-corrected chi connectivity index (χ4v) is 3.68. The van der Waals surface area contributed by atoms with E-state index in [1.54, 1.807) is 37.3 Å². The first-order valence-electron chi connectivity index (χ1n) is 10.7. The Labute approximate surface area is 201 Å². The number of carboxylic acid groups (broad SMARTS) is 1. The van der Waals surface area contributed by atoms with Crippen LogP contribution in [0.1, 0.15) is 23.6 Å². The van der Waals surface area contributed by atoms with Crippen LogP contribution in [-0.4, -0.2) is 41.0 Å². The van der Waals surface area contributed by atoms with Crippen molar-refractivity contribution < 1.29 is 29.3 Å². The highest BCUT2D eigenvalue weighted by atomic mass is 16.5. The van der Waals surface area contributed by atoms with Gasteiger partial charge in [0, 0.05) is 18.8 Å². The molecular formula is C25H27N3O7. The lowest BCUT2D eigenvalue weighted by Gasteiger charge is -2.19. The fourth-order valence-electron chi connectivity index (χ4n) is 3.68. The van der Waals surface area contributed by atoms with Gasteiger partial charge in [-0.05, 0) is 41.8 Å². The summed E-state index contributed by atoms with van der Waals surface area (Å²) < 4.78 is 11.9. The molecular weight excluding hydrogens is 454 g/mol. The normalized spacial score (nSPS) is 11.4. The van der Waals surface area contributed by atoms with Crippen LogP contribution in [0.3, 0.4) is 0 Å². The molecule has 2 aromatic carbocycles. The fraction of sp³-hybridized carbons (Fsp3) is 0.240. The zero-order valence-corrected chi connectivity index (χ0v) is 19.8. The zero-order chi connectivity index (χ0) is 25.7. The number of ether oxygens (including phenoxy) is 2. The van der Waals surface area contributed by atoms with Gasteiger partial charge in [-0.25, -0.2) is 4.79 Å². The van der Waals surface area contributed by atoms with E-state index >= 15 is 0 Å². The number of hydrogen-bond acceptors (Lipinski definition) is 6. The molecule has 0 aliphatic heterocycles. The second kappa shape index (κ2) is 10.6. The lowest BCUT2D eigenvalue weighted by Crippen LogP contribution is -2.36. The standard InChI is InChI=1S/C25H27N3O7/c1-14-13-28(2)24(32)22(23(14)31)27-25(33)26-18(12-21(29)30)17-7-5-6-15(10-17)16-8-9-19(34-3)20(11-16)35-4/h5-11,13,18,31H,12H2,1-4H3,(H,29,30)(H2,26,27,33)/t18-/m0/s1. The Kier molecular flexibility index (Phi) is 7.65. The average Bonchev–Trinajstić information content (AvgIpc) is 2.84. The van der Waals surface area contributed by atoms with Crippen LogP contribution in [0.2, 0.25) is 0 Å². The highest BCUT2D eigenvalue weighted by Crippen LogP contribution is 2.33. The van der Waals surface area contributed by atoms with E-state index < -0.39 is 30.0 Å². The van der Waals surface area contributed by atoms with Crippen molar-refractivity contribution in [3.05, 3.63) is 70.1 Å². The van der Waals surface area contributed by atoms with Crippen molar-refractivity contribution in [1.29, 1.82) is 0 Å². The zero-order valence-electron chi connectivity index (χ0n) is 19.8. The van der Waals surface area contributed by atoms with Gasteiger partial charge in [0.2, 0.25) is 0 Å². The number of carboxylic acids is 1. The van der Waals surface area contributed by atoms with Gasteiger partial charge in [-0.3, -0.25) is 9.59 Å². The van der Waals surface area contributed by atoms with Crippen molar-refractivity contribution in [2.45, 2.75) is 19.4 Å². The minimum absolute atomic E-state index is 0.293. The highest BCUT2D eigenvalue weighted by Gasteiger charge is 2.21. The molecule has 1 aromatic heterocycles. The molecule has 0 saturated heterocycles. The van der Waals surface area contributed by atoms with Gasteiger partial charge in [-0.1, -0.05) is 24.3 Å². The number of anilines is 1. The van der Waals surface area contributed by atoms with E-state index in [-0.39, 0.29) is 11.4 Å². The van der Waals surface area contributed by atoms with Gasteiger partial charge in [0.05, 0.1) is 26.7 Å². The molecule has 0 bridgehead atoms.